The molecule has 0 bridgehead atoms. The third-order valence-corrected chi connectivity index (χ3v) is 7.27. The molecule has 2 aromatic rings. The molecular formula is C23H30N2O3S. The van der Waals surface area contributed by atoms with E-state index in [-0.39, 0.29) is 24.1 Å². The summed E-state index contributed by atoms with van der Waals surface area (Å²) in [5, 5.41) is 2.97. The molecule has 6 heteroatoms. The fourth-order valence-electron chi connectivity index (χ4n) is 3.93. The lowest BCUT2D eigenvalue weighted by Gasteiger charge is -2.31. The predicted molar refractivity (Wildman–Crippen MR) is 117 cm³/mol. The van der Waals surface area contributed by atoms with Crippen LogP contribution in [-0.2, 0) is 21.2 Å². The van der Waals surface area contributed by atoms with Gasteiger partial charge in [-0.05, 0) is 68.4 Å². The number of rotatable bonds is 7. The molecule has 2 aromatic carbocycles. The van der Waals surface area contributed by atoms with Crippen molar-refractivity contribution in [2.24, 2.45) is 5.92 Å². The third-order valence-electron chi connectivity index (χ3n) is 5.35. The number of sulfonamides is 1. The second-order valence-corrected chi connectivity index (χ2v) is 10.1. The largest absolute Gasteiger partial charge is 0.326 e. The van der Waals surface area contributed by atoms with Crippen LogP contribution in [0.15, 0.2) is 48.5 Å². The van der Waals surface area contributed by atoms with E-state index in [9.17, 15) is 13.2 Å². The lowest BCUT2D eigenvalue weighted by atomic mass is 9.98. The maximum Gasteiger partial charge on any atom is 0.228 e. The van der Waals surface area contributed by atoms with Gasteiger partial charge in [0.2, 0.25) is 15.9 Å². The van der Waals surface area contributed by atoms with Crippen molar-refractivity contribution in [1.29, 1.82) is 0 Å². The molecular weight excluding hydrogens is 384 g/mol. The van der Waals surface area contributed by atoms with Crippen molar-refractivity contribution < 1.29 is 13.2 Å². The van der Waals surface area contributed by atoms with Gasteiger partial charge in [0.1, 0.15) is 0 Å². The van der Waals surface area contributed by atoms with E-state index < -0.39 is 10.0 Å². The molecule has 0 aliphatic carbocycles. The lowest BCUT2D eigenvalue weighted by molar-refractivity contribution is -0.120. The summed E-state index contributed by atoms with van der Waals surface area (Å²) in [7, 11) is -3.35. The number of carbonyl (C=O) groups is 1. The second kappa shape index (κ2) is 9.55. The van der Waals surface area contributed by atoms with Crippen LogP contribution in [0, 0.1) is 19.8 Å². The van der Waals surface area contributed by atoms with Crippen molar-refractivity contribution in [2.45, 2.75) is 39.5 Å². The summed E-state index contributed by atoms with van der Waals surface area (Å²) < 4.78 is 27.1. The number of hydrogen-bond donors (Lipinski definition) is 1. The number of nitrogens with zero attached hydrogens (tertiary/aromatic N) is 1. The molecule has 5 nitrogen and oxygen atoms in total. The molecule has 29 heavy (non-hydrogen) atoms. The van der Waals surface area contributed by atoms with Gasteiger partial charge in [-0.1, -0.05) is 36.4 Å². The maximum absolute atomic E-state index is 12.8. The summed E-state index contributed by atoms with van der Waals surface area (Å²) >= 11 is 0. The fourth-order valence-corrected chi connectivity index (χ4v) is 5.51. The predicted octanol–water partition coefficient (Wildman–Crippen LogP) is 3.92. The molecule has 3 rings (SSSR count). The SMILES string of the molecule is Cc1cc(C)cc(NC(=O)[C@@H]2CCCN(S(=O)(=O)CCCc3ccccc3)C2)c1. The highest BCUT2D eigenvalue weighted by molar-refractivity contribution is 7.89. The first-order chi connectivity index (χ1) is 13.8. The minimum absolute atomic E-state index is 0.0980. The van der Waals surface area contributed by atoms with Crippen LogP contribution in [-0.4, -0.2) is 37.5 Å². The summed E-state index contributed by atoms with van der Waals surface area (Å²) in [5.41, 5.74) is 4.10. The highest BCUT2D eigenvalue weighted by Crippen LogP contribution is 2.22. The lowest BCUT2D eigenvalue weighted by Crippen LogP contribution is -2.44. The smallest absolute Gasteiger partial charge is 0.228 e. The van der Waals surface area contributed by atoms with Crippen LogP contribution in [0.25, 0.3) is 0 Å². The van der Waals surface area contributed by atoms with Crippen molar-refractivity contribution in [2.75, 3.05) is 24.2 Å². The molecule has 0 radical (unpaired) electrons. The quantitative estimate of drug-likeness (QED) is 0.747. The Morgan fingerprint density at radius 3 is 2.48 bits per heavy atom. The van der Waals surface area contributed by atoms with Crippen LogP contribution >= 0.6 is 0 Å². The average Bonchev–Trinajstić information content (AvgIpc) is 2.68. The van der Waals surface area contributed by atoms with E-state index in [0.717, 1.165) is 28.8 Å². The first kappa shape index (κ1) is 21.5. The Balaban J connectivity index is 1.56. The Kier molecular flexibility index (Phi) is 7.09. The molecule has 1 aliphatic heterocycles. The van der Waals surface area contributed by atoms with Gasteiger partial charge in [-0.15, -0.1) is 0 Å². The average molecular weight is 415 g/mol. The van der Waals surface area contributed by atoms with Crippen LogP contribution in [0.1, 0.15) is 36.0 Å². The Morgan fingerprint density at radius 2 is 1.79 bits per heavy atom. The molecule has 0 aromatic heterocycles. The van der Waals surface area contributed by atoms with Gasteiger partial charge in [-0.3, -0.25) is 4.79 Å². The van der Waals surface area contributed by atoms with Gasteiger partial charge in [0.05, 0.1) is 11.7 Å². The molecule has 1 aliphatic rings. The molecule has 0 saturated carbocycles. The number of hydrogen-bond acceptors (Lipinski definition) is 3. The van der Waals surface area contributed by atoms with E-state index in [1.807, 2.05) is 56.3 Å². The Hall–Kier alpha value is -2.18. The third kappa shape index (κ3) is 6.15. The van der Waals surface area contributed by atoms with E-state index in [0.29, 0.717) is 25.8 Å². The number of amides is 1. The highest BCUT2D eigenvalue weighted by atomic mass is 32.2. The van der Waals surface area contributed by atoms with Crippen LogP contribution in [0.4, 0.5) is 5.69 Å². The maximum atomic E-state index is 12.8. The number of benzene rings is 2. The van der Waals surface area contributed by atoms with E-state index in [2.05, 4.69) is 11.4 Å². The molecule has 1 N–H and O–H groups in total. The van der Waals surface area contributed by atoms with Crippen LogP contribution < -0.4 is 5.32 Å². The van der Waals surface area contributed by atoms with Crippen LogP contribution in [0.2, 0.25) is 0 Å². The number of anilines is 1. The van der Waals surface area contributed by atoms with E-state index in [1.165, 1.54) is 4.31 Å². The molecule has 1 heterocycles. The fraction of sp³-hybridized carbons (Fsp3) is 0.435. The zero-order valence-corrected chi connectivity index (χ0v) is 18.0. The van der Waals surface area contributed by atoms with Crippen molar-refractivity contribution in [3.63, 3.8) is 0 Å². The number of piperidine rings is 1. The van der Waals surface area contributed by atoms with Crippen LogP contribution in [0.3, 0.4) is 0 Å². The first-order valence-electron chi connectivity index (χ1n) is 10.2. The summed E-state index contributed by atoms with van der Waals surface area (Å²) in [6.45, 7) is 4.76. The summed E-state index contributed by atoms with van der Waals surface area (Å²) in [4.78, 5) is 12.7. The summed E-state index contributed by atoms with van der Waals surface area (Å²) in [5.74, 6) is -0.291. The Labute approximate surface area is 174 Å². The molecule has 156 valence electrons. The van der Waals surface area contributed by atoms with Crippen LogP contribution in [0.5, 0.6) is 0 Å². The molecule has 1 saturated heterocycles. The van der Waals surface area contributed by atoms with Gasteiger partial charge in [0, 0.05) is 18.8 Å². The van der Waals surface area contributed by atoms with Gasteiger partial charge < -0.3 is 5.32 Å². The van der Waals surface area contributed by atoms with Crippen molar-refractivity contribution >= 4 is 21.6 Å². The highest BCUT2D eigenvalue weighted by Gasteiger charge is 2.32. The van der Waals surface area contributed by atoms with Gasteiger partial charge >= 0.3 is 0 Å². The van der Waals surface area contributed by atoms with E-state index in [1.54, 1.807) is 0 Å². The number of nitrogens with one attached hydrogen (secondary N) is 1. The van der Waals surface area contributed by atoms with Crippen molar-refractivity contribution in [3.8, 4) is 0 Å². The van der Waals surface area contributed by atoms with Crippen molar-refractivity contribution in [3.05, 3.63) is 65.2 Å². The molecule has 1 fully saturated rings. The second-order valence-electron chi connectivity index (χ2n) is 7.97. The summed E-state index contributed by atoms with van der Waals surface area (Å²) in [6.07, 6.45) is 2.75. The van der Waals surface area contributed by atoms with Gasteiger partial charge in [-0.2, -0.15) is 0 Å². The Bertz CT molecular complexity index is 922. The van der Waals surface area contributed by atoms with Gasteiger partial charge in [-0.25, -0.2) is 12.7 Å². The number of carbonyl (C=O) groups excluding carboxylic acids is 1. The standard InChI is InChI=1S/C23H30N2O3S/c1-18-14-19(2)16-22(15-18)24-23(26)21-11-6-12-25(17-21)29(27,28)13-7-10-20-8-4-3-5-9-20/h3-5,8-9,14-16,21H,6-7,10-13,17H2,1-2H3,(H,24,26)/t21-/m1/s1. The topological polar surface area (TPSA) is 66.5 Å². The minimum Gasteiger partial charge on any atom is -0.326 e. The normalized spacial score (nSPS) is 17.8. The molecule has 1 atom stereocenters. The Morgan fingerprint density at radius 1 is 1.10 bits per heavy atom. The van der Waals surface area contributed by atoms with E-state index >= 15 is 0 Å². The van der Waals surface area contributed by atoms with Gasteiger partial charge in [0.25, 0.3) is 0 Å². The minimum atomic E-state index is -3.35. The summed E-state index contributed by atoms with van der Waals surface area (Å²) in [6, 6.07) is 15.8. The zero-order valence-electron chi connectivity index (χ0n) is 17.2. The number of aryl methyl sites for hydroxylation is 3. The molecule has 0 spiro atoms. The van der Waals surface area contributed by atoms with E-state index in [4.69, 9.17) is 0 Å². The molecule has 0 unspecified atom stereocenters. The first-order valence-corrected chi connectivity index (χ1v) is 11.9. The monoisotopic (exact) mass is 414 g/mol. The van der Waals surface area contributed by atoms with Gasteiger partial charge in [0.15, 0.2) is 0 Å². The molecule has 1 amide bonds. The van der Waals surface area contributed by atoms with Crippen molar-refractivity contribution in [1.82, 2.24) is 4.31 Å². The zero-order chi connectivity index (χ0) is 20.9.